The van der Waals surface area contributed by atoms with E-state index in [1.165, 1.54) is 0 Å². The van der Waals surface area contributed by atoms with Gasteiger partial charge in [0.25, 0.3) is 0 Å². The number of aromatic nitrogens is 3. The van der Waals surface area contributed by atoms with E-state index in [0.29, 0.717) is 11.5 Å². The molecule has 0 amide bonds. The van der Waals surface area contributed by atoms with Crippen molar-refractivity contribution in [3.63, 3.8) is 0 Å². The van der Waals surface area contributed by atoms with E-state index in [4.69, 9.17) is 9.47 Å². The number of methoxy groups -OCH3 is 2. The lowest BCUT2D eigenvalue weighted by atomic mass is 10.2. The second-order valence-electron chi connectivity index (χ2n) is 4.21. The number of rotatable bonds is 3. The molecule has 3 aromatic rings. The smallest absolute Gasteiger partial charge is 0.124 e. The molecule has 0 saturated carbocycles. The van der Waals surface area contributed by atoms with Crippen molar-refractivity contribution in [2.24, 2.45) is 0 Å². The molecule has 0 radical (unpaired) electrons. The Labute approximate surface area is 124 Å². The van der Waals surface area contributed by atoms with Crippen LogP contribution in [0, 0.1) is 0 Å². The summed E-state index contributed by atoms with van der Waals surface area (Å²) in [5.41, 5.74) is 2.58. The molecule has 2 aromatic carbocycles. The molecular formula is C14H12BrN3O2. The normalized spacial score (nSPS) is 10.8. The number of nitrogens with zero attached hydrogens (tertiary/aromatic N) is 3. The highest BCUT2D eigenvalue weighted by Gasteiger charge is 2.10. The van der Waals surface area contributed by atoms with E-state index in [1.54, 1.807) is 18.9 Å². The van der Waals surface area contributed by atoms with Gasteiger partial charge in [-0.05, 0) is 18.2 Å². The van der Waals surface area contributed by atoms with Crippen molar-refractivity contribution in [2.45, 2.75) is 0 Å². The van der Waals surface area contributed by atoms with Crippen LogP contribution in [-0.4, -0.2) is 29.2 Å². The Morgan fingerprint density at radius 3 is 2.35 bits per heavy atom. The van der Waals surface area contributed by atoms with Crippen molar-refractivity contribution >= 4 is 27.0 Å². The lowest BCUT2D eigenvalue weighted by Gasteiger charge is -2.08. The molecule has 0 aliphatic carbocycles. The summed E-state index contributed by atoms with van der Waals surface area (Å²) in [7, 11) is 3.24. The summed E-state index contributed by atoms with van der Waals surface area (Å²) in [6, 6.07) is 11.4. The fourth-order valence-electron chi connectivity index (χ4n) is 2.00. The van der Waals surface area contributed by atoms with Crippen molar-refractivity contribution in [1.82, 2.24) is 15.0 Å². The van der Waals surface area contributed by atoms with E-state index in [9.17, 15) is 0 Å². The van der Waals surface area contributed by atoms with Gasteiger partial charge in [-0.3, -0.25) is 0 Å². The molecule has 0 aliphatic heterocycles. The van der Waals surface area contributed by atoms with Crippen LogP contribution in [0.4, 0.5) is 0 Å². The molecule has 102 valence electrons. The molecule has 1 aromatic heterocycles. The fraction of sp³-hybridized carbons (Fsp3) is 0.143. The maximum Gasteiger partial charge on any atom is 0.124 e. The average Bonchev–Trinajstić information content (AvgIpc) is 2.89. The maximum absolute atomic E-state index is 5.28. The summed E-state index contributed by atoms with van der Waals surface area (Å²) in [4.78, 5) is 0. The summed E-state index contributed by atoms with van der Waals surface area (Å²) < 4.78 is 13.3. The van der Waals surface area contributed by atoms with Gasteiger partial charge in [0.1, 0.15) is 17.0 Å². The minimum atomic E-state index is 0.706. The second kappa shape index (κ2) is 5.13. The minimum absolute atomic E-state index is 0.706. The van der Waals surface area contributed by atoms with E-state index in [2.05, 4.69) is 26.2 Å². The topological polar surface area (TPSA) is 49.2 Å². The zero-order valence-electron chi connectivity index (χ0n) is 11.0. The molecule has 3 rings (SSSR count). The minimum Gasteiger partial charge on any atom is -0.497 e. The van der Waals surface area contributed by atoms with Gasteiger partial charge in [-0.15, -0.1) is 5.10 Å². The van der Waals surface area contributed by atoms with Crippen LogP contribution in [0.3, 0.4) is 0 Å². The van der Waals surface area contributed by atoms with Gasteiger partial charge in [0.15, 0.2) is 0 Å². The highest BCUT2D eigenvalue weighted by Crippen LogP contribution is 2.27. The van der Waals surface area contributed by atoms with Crippen LogP contribution in [0.2, 0.25) is 0 Å². The highest BCUT2D eigenvalue weighted by atomic mass is 79.9. The van der Waals surface area contributed by atoms with Crippen LogP contribution in [0.1, 0.15) is 0 Å². The summed E-state index contributed by atoms with van der Waals surface area (Å²) in [5.74, 6) is 1.41. The second-order valence-corrected chi connectivity index (χ2v) is 5.12. The lowest BCUT2D eigenvalue weighted by Crippen LogP contribution is -1.98. The quantitative estimate of drug-likeness (QED) is 0.738. The van der Waals surface area contributed by atoms with E-state index in [-0.39, 0.29) is 0 Å². The van der Waals surface area contributed by atoms with Crippen LogP contribution in [-0.2, 0) is 0 Å². The fourth-order valence-corrected chi connectivity index (χ4v) is 2.35. The molecule has 0 aliphatic rings. The van der Waals surface area contributed by atoms with Crippen molar-refractivity contribution in [1.29, 1.82) is 0 Å². The standard InChI is InChI=1S/C14H12BrN3O2/c1-19-11-6-10(7-12(8-11)20-2)18-14-5-9(15)3-4-13(14)16-17-18/h3-8H,1-2H3. The SMILES string of the molecule is COc1cc(OC)cc(-n2nnc3ccc(Br)cc32)c1. The Hall–Kier alpha value is -2.08. The number of hydrogen-bond donors (Lipinski definition) is 0. The first-order valence-corrected chi connectivity index (χ1v) is 6.75. The Bertz CT molecular complexity index is 748. The first kappa shape index (κ1) is 12.9. The molecule has 0 atom stereocenters. The van der Waals surface area contributed by atoms with Crippen LogP contribution >= 0.6 is 15.9 Å². The molecule has 0 bridgehead atoms. The third-order valence-corrected chi connectivity index (χ3v) is 3.48. The molecule has 0 N–H and O–H groups in total. The molecule has 0 saturated heterocycles. The third-order valence-electron chi connectivity index (χ3n) is 2.99. The van der Waals surface area contributed by atoms with Crippen LogP contribution < -0.4 is 9.47 Å². The van der Waals surface area contributed by atoms with Crippen molar-refractivity contribution < 1.29 is 9.47 Å². The van der Waals surface area contributed by atoms with E-state index in [1.807, 2.05) is 36.4 Å². The number of hydrogen-bond acceptors (Lipinski definition) is 4. The predicted molar refractivity (Wildman–Crippen MR) is 79.7 cm³/mol. The number of ether oxygens (including phenoxy) is 2. The van der Waals surface area contributed by atoms with Crippen molar-refractivity contribution in [2.75, 3.05) is 14.2 Å². The van der Waals surface area contributed by atoms with Crippen LogP contribution in [0.5, 0.6) is 11.5 Å². The molecule has 1 heterocycles. The first-order chi connectivity index (χ1) is 9.71. The molecule has 5 nitrogen and oxygen atoms in total. The molecule has 20 heavy (non-hydrogen) atoms. The monoisotopic (exact) mass is 333 g/mol. The van der Waals surface area contributed by atoms with Crippen molar-refractivity contribution in [3.05, 3.63) is 40.9 Å². The Morgan fingerprint density at radius 2 is 1.70 bits per heavy atom. The van der Waals surface area contributed by atoms with Gasteiger partial charge in [-0.2, -0.15) is 0 Å². The van der Waals surface area contributed by atoms with Gasteiger partial charge in [0.2, 0.25) is 0 Å². The maximum atomic E-state index is 5.28. The van der Waals surface area contributed by atoms with Crippen LogP contribution in [0.15, 0.2) is 40.9 Å². The van der Waals surface area contributed by atoms with E-state index in [0.717, 1.165) is 21.2 Å². The van der Waals surface area contributed by atoms with Gasteiger partial charge in [-0.1, -0.05) is 21.1 Å². The number of benzene rings is 2. The zero-order valence-corrected chi connectivity index (χ0v) is 12.6. The number of halogens is 1. The van der Waals surface area contributed by atoms with Gasteiger partial charge < -0.3 is 9.47 Å². The summed E-state index contributed by atoms with van der Waals surface area (Å²) in [5, 5.41) is 8.35. The Kier molecular flexibility index (Phi) is 3.31. The van der Waals surface area contributed by atoms with E-state index >= 15 is 0 Å². The predicted octanol–water partition coefficient (Wildman–Crippen LogP) is 3.20. The summed E-state index contributed by atoms with van der Waals surface area (Å²) in [6.07, 6.45) is 0. The van der Waals surface area contributed by atoms with Gasteiger partial charge in [-0.25, -0.2) is 4.68 Å². The highest BCUT2D eigenvalue weighted by molar-refractivity contribution is 9.10. The van der Waals surface area contributed by atoms with E-state index < -0.39 is 0 Å². The van der Waals surface area contributed by atoms with Crippen molar-refractivity contribution in [3.8, 4) is 17.2 Å². The first-order valence-electron chi connectivity index (χ1n) is 5.95. The zero-order chi connectivity index (χ0) is 14.1. The Balaban J connectivity index is 2.22. The molecule has 0 fully saturated rings. The third kappa shape index (κ3) is 2.22. The summed E-state index contributed by atoms with van der Waals surface area (Å²) >= 11 is 3.46. The lowest BCUT2D eigenvalue weighted by molar-refractivity contribution is 0.394. The molecule has 0 spiro atoms. The average molecular weight is 334 g/mol. The number of fused-ring (bicyclic) bond motifs is 1. The molecule has 6 heteroatoms. The van der Waals surface area contributed by atoms with Gasteiger partial charge in [0.05, 0.1) is 25.4 Å². The molecule has 0 unspecified atom stereocenters. The van der Waals surface area contributed by atoms with Crippen LogP contribution in [0.25, 0.3) is 16.7 Å². The Morgan fingerprint density at radius 1 is 1.00 bits per heavy atom. The molecular weight excluding hydrogens is 322 g/mol. The van der Waals surface area contributed by atoms with Gasteiger partial charge >= 0.3 is 0 Å². The van der Waals surface area contributed by atoms with Gasteiger partial charge in [0, 0.05) is 22.7 Å². The largest absolute Gasteiger partial charge is 0.497 e. The summed E-state index contributed by atoms with van der Waals surface area (Å²) in [6.45, 7) is 0.